The van der Waals surface area contributed by atoms with Crippen LogP contribution in [-0.4, -0.2) is 113 Å². The number of phenolic OH excluding ortho intramolecular Hbond substituents is 4. The number of rotatable bonds is 5. The van der Waals surface area contributed by atoms with Crippen LogP contribution in [-0.2, 0) is 14.2 Å². The van der Waals surface area contributed by atoms with Crippen molar-refractivity contribution in [2.24, 2.45) is 0 Å². The third-order valence-electron chi connectivity index (χ3n) is 7.15. The Morgan fingerprint density at radius 2 is 1.54 bits per heavy atom. The summed E-state index contributed by atoms with van der Waals surface area (Å²) < 4.78 is 21.8. The second-order valence-electron chi connectivity index (χ2n) is 9.86. The Morgan fingerprint density at radius 1 is 0.805 bits per heavy atom. The van der Waals surface area contributed by atoms with Crippen LogP contribution in [0.25, 0.3) is 22.3 Å². The number of hydrogen-bond acceptors (Lipinski definition) is 15. The molecule has 0 bridgehead atoms. The van der Waals surface area contributed by atoms with E-state index in [1.54, 1.807) is 0 Å². The molecule has 3 aromatic rings. The predicted molar refractivity (Wildman–Crippen MR) is 134 cm³/mol. The number of fused-ring (bicyclic) bond motifs is 1. The van der Waals surface area contributed by atoms with Crippen molar-refractivity contribution in [1.29, 1.82) is 0 Å². The number of benzene rings is 2. The van der Waals surface area contributed by atoms with Gasteiger partial charge in [-0.3, -0.25) is 4.79 Å². The normalized spacial score (nSPS) is 32.3. The second-order valence-corrected chi connectivity index (χ2v) is 9.86. The van der Waals surface area contributed by atoms with Crippen molar-refractivity contribution < 1.29 is 69.7 Å². The van der Waals surface area contributed by atoms with Crippen molar-refractivity contribution >= 4 is 11.0 Å². The number of aliphatic hydroxyl groups excluding tert-OH is 6. The summed E-state index contributed by atoms with van der Waals surface area (Å²) in [4.78, 5) is 13.0. The molecule has 15 nitrogen and oxygen atoms in total. The van der Waals surface area contributed by atoms with Crippen molar-refractivity contribution in [3.8, 4) is 34.3 Å². The van der Waals surface area contributed by atoms with Gasteiger partial charge in [0.1, 0.15) is 77.1 Å². The van der Waals surface area contributed by atoms with Gasteiger partial charge in [0.25, 0.3) is 0 Å². The van der Waals surface area contributed by atoms with Crippen LogP contribution in [0.3, 0.4) is 0 Å². The molecule has 2 fully saturated rings. The van der Waals surface area contributed by atoms with Gasteiger partial charge in [-0.15, -0.1) is 0 Å². The van der Waals surface area contributed by atoms with E-state index in [0.29, 0.717) is 0 Å². The summed E-state index contributed by atoms with van der Waals surface area (Å²) in [5.41, 5.74) is -1.38. The van der Waals surface area contributed by atoms with Gasteiger partial charge in [-0.1, -0.05) is 0 Å². The van der Waals surface area contributed by atoms with E-state index >= 15 is 0 Å². The highest BCUT2D eigenvalue weighted by Crippen LogP contribution is 2.45. The lowest BCUT2D eigenvalue weighted by Crippen LogP contribution is -2.57. The maximum absolute atomic E-state index is 13.0. The summed E-state index contributed by atoms with van der Waals surface area (Å²) >= 11 is 0. The van der Waals surface area contributed by atoms with Gasteiger partial charge in [-0.25, -0.2) is 0 Å². The van der Waals surface area contributed by atoms with E-state index in [-0.39, 0.29) is 23.5 Å². The van der Waals surface area contributed by atoms with E-state index in [1.807, 2.05) is 0 Å². The monoisotopic (exact) mass is 580 g/mol. The van der Waals surface area contributed by atoms with Crippen molar-refractivity contribution in [2.45, 2.75) is 55.1 Å². The quantitative estimate of drug-likeness (QED) is 0.150. The minimum absolute atomic E-state index is 0.0705. The van der Waals surface area contributed by atoms with Gasteiger partial charge in [0, 0.05) is 17.7 Å². The standard InChI is InChI=1S/C26H28O15/c27-9-2-1-8(3-10(9)28)14-4-11(29)17-15(40-14)5-12(30)18(21(17)34)25-23(36)22(35)20(33)16(41-25)7-39-26-24(37)19(32)13(31)6-38-26/h1-5,13,16,19-20,22-28,30-37H,6-7H2/t13-,16+,19-,20+,22-,23+,24+,25-,26-/m0/s1. The van der Waals surface area contributed by atoms with Gasteiger partial charge in [0.2, 0.25) is 0 Å². The Labute approximate surface area is 229 Å². The van der Waals surface area contributed by atoms with Crippen LogP contribution in [0.5, 0.6) is 23.0 Å². The lowest BCUT2D eigenvalue weighted by atomic mass is 9.89. The first-order valence-corrected chi connectivity index (χ1v) is 12.4. The van der Waals surface area contributed by atoms with E-state index in [4.69, 9.17) is 18.6 Å². The Morgan fingerprint density at radius 3 is 2.24 bits per heavy atom. The summed E-state index contributed by atoms with van der Waals surface area (Å²) in [5.74, 6) is -2.51. The molecule has 2 aromatic carbocycles. The molecule has 15 heteroatoms. The van der Waals surface area contributed by atoms with Gasteiger partial charge in [0.05, 0.1) is 18.8 Å². The lowest BCUT2D eigenvalue weighted by molar-refractivity contribution is -0.292. The zero-order valence-electron chi connectivity index (χ0n) is 21.0. The average Bonchev–Trinajstić information content (AvgIpc) is 2.93. The van der Waals surface area contributed by atoms with E-state index in [0.717, 1.165) is 18.2 Å². The Hall–Kier alpha value is -3.51. The van der Waals surface area contributed by atoms with Crippen molar-refractivity contribution in [2.75, 3.05) is 13.2 Å². The molecule has 1 aromatic heterocycles. The zero-order chi connectivity index (χ0) is 29.7. The maximum atomic E-state index is 13.0. The van der Waals surface area contributed by atoms with E-state index in [2.05, 4.69) is 0 Å². The SMILES string of the molecule is O=c1cc(-c2ccc(O)c(O)c2)oc2cc(O)c([C@@H]3O[C@H](CO[C@@H]4OC[C@H](O)[C@H](O)[C@H]4O)[C@@H](O)[C@H](O)[C@H]3O)c(O)c12. The minimum Gasteiger partial charge on any atom is -0.507 e. The lowest BCUT2D eigenvalue weighted by Gasteiger charge is -2.42. The first-order valence-electron chi connectivity index (χ1n) is 12.4. The van der Waals surface area contributed by atoms with Crippen LogP contribution < -0.4 is 5.43 Å². The molecule has 0 amide bonds. The molecule has 0 radical (unpaired) electrons. The second kappa shape index (κ2) is 11.1. The molecule has 10 N–H and O–H groups in total. The highest BCUT2D eigenvalue weighted by atomic mass is 16.7. The van der Waals surface area contributed by atoms with E-state index < -0.39 is 101 Å². The fourth-order valence-corrected chi connectivity index (χ4v) is 4.85. The Bertz CT molecular complexity index is 1490. The number of phenols is 4. The van der Waals surface area contributed by atoms with Gasteiger partial charge in [-0.2, -0.15) is 0 Å². The maximum Gasteiger partial charge on any atom is 0.197 e. The zero-order valence-corrected chi connectivity index (χ0v) is 21.0. The number of ether oxygens (including phenoxy) is 3. The highest BCUT2D eigenvalue weighted by molar-refractivity contribution is 5.88. The minimum atomic E-state index is -1.91. The van der Waals surface area contributed by atoms with Crippen LogP contribution in [0.4, 0.5) is 0 Å². The molecule has 5 rings (SSSR count). The smallest absolute Gasteiger partial charge is 0.197 e. The van der Waals surface area contributed by atoms with E-state index in [1.165, 1.54) is 12.1 Å². The molecule has 0 spiro atoms. The molecule has 3 heterocycles. The molecular weight excluding hydrogens is 552 g/mol. The summed E-state index contributed by atoms with van der Waals surface area (Å²) in [6.07, 6.45) is -14.7. The summed E-state index contributed by atoms with van der Waals surface area (Å²) in [7, 11) is 0. The topological polar surface area (TPSA) is 260 Å². The molecule has 2 saturated heterocycles. The third-order valence-corrected chi connectivity index (χ3v) is 7.15. The Balaban J connectivity index is 1.45. The fraction of sp³-hybridized carbons (Fsp3) is 0.423. The van der Waals surface area contributed by atoms with Gasteiger partial charge < -0.3 is 69.7 Å². The van der Waals surface area contributed by atoms with Gasteiger partial charge in [0.15, 0.2) is 23.2 Å². The first kappa shape index (κ1) is 29.0. The summed E-state index contributed by atoms with van der Waals surface area (Å²) in [5, 5.41) is 102. The summed E-state index contributed by atoms with van der Waals surface area (Å²) in [6.45, 7) is -0.940. The van der Waals surface area contributed by atoms with Crippen LogP contribution in [0.2, 0.25) is 0 Å². The first-order chi connectivity index (χ1) is 19.4. The number of aliphatic hydroxyl groups is 6. The fourth-order valence-electron chi connectivity index (χ4n) is 4.85. The van der Waals surface area contributed by atoms with E-state index in [9.17, 15) is 55.9 Å². The largest absolute Gasteiger partial charge is 0.507 e. The predicted octanol–water partition coefficient (Wildman–Crippen LogP) is -1.74. The van der Waals surface area contributed by atoms with Gasteiger partial charge >= 0.3 is 0 Å². The van der Waals surface area contributed by atoms with Crippen molar-refractivity contribution in [3.05, 3.63) is 46.1 Å². The summed E-state index contributed by atoms with van der Waals surface area (Å²) in [6, 6.07) is 5.61. The molecule has 2 aliphatic heterocycles. The molecule has 0 saturated carbocycles. The molecule has 41 heavy (non-hydrogen) atoms. The van der Waals surface area contributed by atoms with Crippen LogP contribution in [0, 0.1) is 0 Å². The molecule has 2 aliphatic rings. The average molecular weight is 580 g/mol. The van der Waals surface area contributed by atoms with Crippen LogP contribution >= 0.6 is 0 Å². The third kappa shape index (κ3) is 5.19. The van der Waals surface area contributed by atoms with Crippen molar-refractivity contribution in [3.63, 3.8) is 0 Å². The molecular formula is C26H28O15. The van der Waals surface area contributed by atoms with Crippen LogP contribution in [0.15, 0.2) is 39.5 Å². The number of hydrogen-bond donors (Lipinski definition) is 10. The molecule has 0 unspecified atom stereocenters. The molecule has 0 aliphatic carbocycles. The van der Waals surface area contributed by atoms with Crippen molar-refractivity contribution in [1.82, 2.24) is 0 Å². The van der Waals surface area contributed by atoms with Gasteiger partial charge in [-0.05, 0) is 18.2 Å². The highest BCUT2D eigenvalue weighted by Gasteiger charge is 2.47. The van der Waals surface area contributed by atoms with Crippen LogP contribution in [0.1, 0.15) is 11.7 Å². The molecule has 222 valence electrons. The molecule has 9 atom stereocenters. The Kier molecular flexibility index (Phi) is 7.82. The number of aromatic hydroxyl groups is 4.